The van der Waals surface area contributed by atoms with Crippen LogP contribution in [-0.4, -0.2) is 17.5 Å². The second kappa shape index (κ2) is 4.83. The van der Waals surface area contributed by atoms with Gasteiger partial charge in [0.25, 0.3) is 5.69 Å². The number of esters is 1. The largest absolute Gasteiger partial charge is 0.462 e. The topological polar surface area (TPSA) is 69.4 Å². The van der Waals surface area contributed by atoms with Crippen molar-refractivity contribution in [2.75, 3.05) is 6.61 Å². The fraction of sp³-hybridized carbons (Fsp3) is 0.154. The van der Waals surface area contributed by atoms with Crippen LogP contribution >= 0.6 is 0 Å². The van der Waals surface area contributed by atoms with Crippen molar-refractivity contribution in [1.82, 2.24) is 0 Å². The molecular weight excluding hydrogens is 234 g/mol. The number of hydrogen-bond acceptors (Lipinski definition) is 4. The van der Waals surface area contributed by atoms with Gasteiger partial charge >= 0.3 is 5.97 Å². The second-order valence-electron chi connectivity index (χ2n) is 3.72. The number of ether oxygens (including phenoxy) is 1. The standard InChI is InChI=1S/C13H11NO4/c1-2-18-13(15)10-4-3-9-5-6-12(14(16)17)8-11(9)7-10/h3-8H,2H2,1H3. The van der Waals surface area contributed by atoms with E-state index in [1.165, 1.54) is 12.1 Å². The SMILES string of the molecule is CCOC(=O)c1ccc2ccc([N+](=O)[O-])cc2c1. The summed E-state index contributed by atoms with van der Waals surface area (Å²) >= 11 is 0. The average molecular weight is 245 g/mol. The van der Waals surface area contributed by atoms with Crippen LogP contribution in [0, 0.1) is 10.1 Å². The zero-order valence-electron chi connectivity index (χ0n) is 9.75. The lowest BCUT2D eigenvalue weighted by molar-refractivity contribution is -0.384. The third kappa shape index (κ3) is 2.29. The Kier molecular flexibility index (Phi) is 3.23. The Labute approximate surface area is 103 Å². The molecular formula is C13H11NO4. The molecule has 0 aliphatic heterocycles. The fourth-order valence-corrected chi connectivity index (χ4v) is 1.69. The Morgan fingerprint density at radius 3 is 2.61 bits per heavy atom. The van der Waals surface area contributed by atoms with Gasteiger partial charge in [-0.2, -0.15) is 0 Å². The summed E-state index contributed by atoms with van der Waals surface area (Å²) in [6, 6.07) is 9.52. The van der Waals surface area contributed by atoms with Gasteiger partial charge in [0, 0.05) is 12.1 Å². The fourth-order valence-electron chi connectivity index (χ4n) is 1.69. The number of benzene rings is 2. The summed E-state index contributed by atoms with van der Waals surface area (Å²) < 4.78 is 4.88. The number of nitro groups is 1. The third-order valence-electron chi connectivity index (χ3n) is 2.55. The normalized spacial score (nSPS) is 10.3. The highest BCUT2D eigenvalue weighted by atomic mass is 16.6. The van der Waals surface area contributed by atoms with Gasteiger partial charge in [0.2, 0.25) is 0 Å². The molecule has 2 aromatic rings. The van der Waals surface area contributed by atoms with Crippen LogP contribution in [-0.2, 0) is 4.74 Å². The molecule has 18 heavy (non-hydrogen) atoms. The van der Waals surface area contributed by atoms with Gasteiger partial charge in [-0.3, -0.25) is 10.1 Å². The van der Waals surface area contributed by atoms with E-state index in [1.54, 1.807) is 31.2 Å². The Morgan fingerprint density at radius 2 is 1.94 bits per heavy atom. The number of nitrogens with zero attached hydrogens (tertiary/aromatic N) is 1. The van der Waals surface area contributed by atoms with Gasteiger partial charge in [-0.25, -0.2) is 4.79 Å². The number of rotatable bonds is 3. The van der Waals surface area contributed by atoms with Crippen LogP contribution < -0.4 is 0 Å². The number of fused-ring (bicyclic) bond motifs is 1. The first-order valence-corrected chi connectivity index (χ1v) is 5.47. The smallest absolute Gasteiger partial charge is 0.338 e. The summed E-state index contributed by atoms with van der Waals surface area (Å²) in [7, 11) is 0. The second-order valence-corrected chi connectivity index (χ2v) is 3.72. The third-order valence-corrected chi connectivity index (χ3v) is 2.55. The van der Waals surface area contributed by atoms with Crippen molar-refractivity contribution in [2.45, 2.75) is 6.92 Å². The van der Waals surface area contributed by atoms with E-state index in [2.05, 4.69) is 0 Å². The first-order chi connectivity index (χ1) is 8.61. The minimum atomic E-state index is -0.462. The van der Waals surface area contributed by atoms with Gasteiger partial charge in [-0.15, -0.1) is 0 Å². The van der Waals surface area contributed by atoms with E-state index >= 15 is 0 Å². The highest BCUT2D eigenvalue weighted by Gasteiger charge is 2.10. The number of nitro benzene ring substituents is 1. The molecule has 0 aliphatic rings. The Balaban J connectivity index is 2.48. The maximum Gasteiger partial charge on any atom is 0.338 e. The lowest BCUT2D eigenvalue weighted by atomic mass is 10.1. The molecule has 0 amide bonds. The summed E-state index contributed by atoms with van der Waals surface area (Å²) in [5.74, 6) is -0.425. The Morgan fingerprint density at radius 1 is 1.22 bits per heavy atom. The summed E-state index contributed by atoms with van der Waals surface area (Å²) in [6.07, 6.45) is 0. The highest BCUT2D eigenvalue weighted by Crippen LogP contribution is 2.22. The van der Waals surface area contributed by atoms with Gasteiger partial charge in [0.05, 0.1) is 17.1 Å². The zero-order chi connectivity index (χ0) is 13.1. The molecule has 0 atom stereocenters. The molecule has 0 aliphatic carbocycles. The summed E-state index contributed by atoms with van der Waals surface area (Å²) in [4.78, 5) is 21.8. The van der Waals surface area contributed by atoms with Crippen LogP contribution in [0.3, 0.4) is 0 Å². The van der Waals surface area contributed by atoms with Crippen LogP contribution in [0.1, 0.15) is 17.3 Å². The predicted octanol–water partition coefficient (Wildman–Crippen LogP) is 2.92. The van der Waals surface area contributed by atoms with Gasteiger partial charge in [-0.05, 0) is 35.9 Å². The van der Waals surface area contributed by atoms with E-state index in [-0.39, 0.29) is 5.69 Å². The molecule has 5 heteroatoms. The van der Waals surface area contributed by atoms with Gasteiger partial charge in [-0.1, -0.05) is 6.07 Å². The number of carbonyl (C=O) groups is 1. The van der Waals surface area contributed by atoms with Gasteiger partial charge < -0.3 is 4.74 Å². The molecule has 92 valence electrons. The van der Waals surface area contributed by atoms with Crippen molar-refractivity contribution in [3.63, 3.8) is 0 Å². The lowest BCUT2D eigenvalue weighted by Gasteiger charge is -2.03. The van der Waals surface area contributed by atoms with Gasteiger partial charge in [0.15, 0.2) is 0 Å². The van der Waals surface area contributed by atoms with Crippen LogP contribution in [0.4, 0.5) is 5.69 Å². The minimum Gasteiger partial charge on any atom is -0.462 e. The number of carbonyl (C=O) groups excluding carboxylic acids is 1. The van der Waals surface area contributed by atoms with Crippen LogP contribution in [0.25, 0.3) is 10.8 Å². The molecule has 2 rings (SSSR count). The minimum absolute atomic E-state index is 0.00325. The van der Waals surface area contributed by atoms with E-state index in [0.29, 0.717) is 17.6 Å². The van der Waals surface area contributed by atoms with Crippen molar-refractivity contribution in [3.05, 3.63) is 52.1 Å². The maximum absolute atomic E-state index is 11.6. The van der Waals surface area contributed by atoms with E-state index < -0.39 is 10.9 Å². The molecule has 0 bridgehead atoms. The molecule has 0 fully saturated rings. The number of hydrogen-bond donors (Lipinski definition) is 0. The molecule has 0 aromatic heterocycles. The molecule has 0 spiro atoms. The van der Waals surface area contributed by atoms with Crippen molar-refractivity contribution in [1.29, 1.82) is 0 Å². The van der Waals surface area contributed by atoms with E-state index in [0.717, 1.165) is 5.39 Å². The lowest BCUT2D eigenvalue weighted by Crippen LogP contribution is -2.04. The average Bonchev–Trinajstić information content (AvgIpc) is 2.37. The van der Waals surface area contributed by atoms with Crippen LogP contribution in [0.2, 0.25) is 0 Å². The van der Waals surface area contributed by atoms with E-state index in [4.69, 9.17) is 4.74 Å². The molecule has 0 saturated carbocycles. The van der Waals surface area contributed by atoms with Crippen molar-refractivity contribution in [3.8, 4) is 0 Å². The molecule has 0 N–H and O–H groups in total. The van der Waals surface area contributed by atoms with Crippen molar-refractivity contribution < 1.29 is 14.5 Å². The Bertz CT molecular complexity index is 621. The zero-order valence-corrected chi connectivity index (χ0v) is 9.75. The molecule has 0 heterocycles. The van der Waals surface area contributed by atoms with Crippen molar-refractivity contribution >= 4 is 22.4 Å². The first-order valence-electron chi connectivity index (χ1n) is 5.47. The molecule has 0 unspecified atom stereocenters. The molecule has 0 saturated heterocycles. The monoisotopic (exact) mass is 245 g/mol. The number of non-ortho nitro benzene ring substituents is 1. The molecule has 0 radical (unpaired) electrons. The van der Waals surface area contributed by atoms with Gasteiger partial charge in [0.1, 0.15) is 0 Å². The quantitative estimate of drug-likeness (QED) is 0.473. The van der Waals surface area contributed by atoms with E-state index in [9.17, 15) is 14.9 Å². The Hall–Kier alpha value is -2.43. The molecule has 2 aromatic carbocycles. The molecule has 5 nitrogen and oxygen atoms in total. The van der Waals surface area contributed by atoms with Crippen molar-refractivity contribution in [2.24, 2.45) is 0 Å². The summed E-state index contributed by atoms with van der Waals surface area (Å²) in [6.45, 7) is 2.02. The highest BCUT2D eigenvalue weighted by molar-refractivity contribution is 5.96. The maximum atomic E-state index is 11.6. The summed E-state index contributed by atoms with van der Waals surface area (Å²) in [5, 5.41) is 12.2. The predicted molar refractivity (Wildman–Crippen MR) is 66.6 cm³/mol. The van der Waals surface area contributed by atoms with Crippen LogP contribution in [0.5, 0.6) is 0 Å². The first kappa shape index (κ1) is 12.0. The van der Waals surface area contributed by atoms with E-state index in [1.807, 2.05) is 0 Å². The van der Waals surface area contributed by atoms with Crippen LogP contribution in [0.15, 0.2) is 36.4 Å². The summed E-state index contributed by atoms with van der Waals surface area (Å²) in [5.41, 5.74) is 0.397.